The number of likely N-dealkylation sites (tertiary alicyclic amines) is 2. The fourth-order valence-electron chi connectivity index (χ4n) is 6.22. The zero-order chi connectivity index (χ0) is 26.2. The molecule has 0 bridgehead atoms. The molecule has 0 radical (unpaired) electrons. The Morgan fingerprint density at radius 3 is 2.50 bits per heavy atom. The Balaban J connectivity index is 1.69. The third kappa shape index (κ3) is 5.50. The average Bonchev–Trinajstić information content (AvgIpc) is 3.37. The molecule has 8 heteroatoms. The van der Waals surface area contributed by atoms with E-state index in [0.717, 1.165) is 44.5 Å². The van der Waals surface area contributed by atoms with Gasteiger partial charge in [-0.1, -0.05) is 39.8 Å². The average molecular weight is 499 g/mol. The largest absolute Gasteiger partial charge is 0.366 e. The summed E-state index contributed by atoms with van der Waals surface area (Å²) in [4.78, 5) is 43.4. The lowest BCUT2D eigenvalue weighted by atomic mass is 9.77. The zero-order valence-electron chi connectivity index (χ0n) is 22.2. The summed E-state index contributed by atoms with van der Waals surface area (Å²) in [6.07, 6.45) is 3.29. The summed E-state index contributed by atoms with van der Waals surface area (Å²) in [6.45, 7) is 11.9. The van der Waals surface area contributed by atoms with Crippen molar-refractivity contribution < 1.29 is 19.1 Å². The van der Waals surface area contributed by atoms with E-state index in [1.54, 1.807) is 11.0 Å². The number of nitrogens with zero attached hydrogens (tertiary/aromatic N) is 2. The van der Waals surface area contributed by atoms with Crippen molar-refractivity contribution in [1.82, 2.24) is 9.80 Å². The predicted molar refractivity (Wildman–Crippen MR) is 139 cm³/mol. The second kappa shape index (κ2) is 10.6. The molecule has 198 valence electrons. The SMILES string of the molecule is CCCN1CCC(c2ccc(C(N)=O)c([C@H](CC(C)(C)C)C(=O)N3C[C@@H](N)[C@H]4OCC(=O)[C@H]43)c2)CC1. The molecular weight excluding hydrogens is 456 g/mol. The summed E-state index contributed by atoms with van der Waals surface area (Å²) in [5.41, 5.74) is 14.1. The number of nitrogens with two attached hydrogens (primary N) is 2. The van der Waals surface area contributed by atoms with Gasteiger partial charge in [0.25, 0.3) is 0 Å². The lowest BCUT2D eigenvalue weighted by Gasteiger charge is -2.34. The summed E-state index contributed by atoms with van der Waals surface area (Å²) in [6, 6.07) is 4.76. The van der Waals surface area contributed by atoms with Crippen LogP contribution in [0.3, 0.4) is 0 Å². The Hall–Kier alpha value is -2.29. The summed E-state index contributed by atoms with van der Waals surface area (Å²) >= 11 is 0. The molecule has 0 spiro atoms. The van der Waals surface area contributed by atoms with E-state index >= 15 is 0 Å². The highest BCUT2D eigenvalue weighted by Crippen LogP contribution is 2.39. The van der Waals surface area contributed by atoms with Crippen LogP contribution in [0.5, 0.6) is 0 Å². The summed E-state index contributed by atoms with van der Waals surface area (Å²) in [5, 5.41) is 0. The minimum absolute atomic E-state index is 0.0184. The molecule has 4 rings (SSSR count). The van der Waals surface area contributed by atoms with Crippen LogP contribution in [0.25, 0.3) is 0 Å². The van der Waals surface area contributed by atoms with Crippen molar-refractivity contribution in [3.05, 3.63) is 34.9 Å². The second-order valence-electron chi connectivity index (χ2n) is 12.0. The molecule has 0 aliphatic carbocycles. The van der Waals surface area contributed by atoms with Gasteiger partial charge in [0, 0.05) is 12.1 Å². The number of ether oxygens (including phenoxy) is 1. The van der Waals surface area contributed by atoms with Crippen molar-refractivity contribution in [2.45, 2.75) is 83.4 Å². The lowest BCUT2D eigenvalue weighted by Crippen LogP contribution is -2.45. The standard InChI is InChI=1S/C28H42N4O4/c1-5-10-31-11-8-17(9-12-31)18-6-7-19(26(30)34)20(13-18)21(14-28(2,3)4)27(35)32-15-22(29)25-24(32)23(33)16-36-25/h6-7,13,17,21-22,24-25H,5,8-12,14-16,29H2,1-4H3,(H2,30,34)/t21-,22+,24+,25+/m0/s1. The maximum atomic E-state index is 14.1. The number of piperidine rings is 1. The van der Waals surface area contributed by atoms with Crippen molar-refractivity contribution in [3.8, 4) is 0 Å². The molecule has 0 unspecified atom stereocenters. The number of carbonyl (C=O) groups is 3. The molecule has 1 aromatic rings. The Labute approximate surface area is 214 Å². The molecule has 1 aromatic carbocycles. The maximum absolute atomic E-state index is 14.1. The summed E-state index contributed by atoms with van der Waals surface area (Å²) < 4.78 is 5.61. The van der Waals surface area contributed by atoms with E-state index in [2.05, 4.69) is 32.6 Å². The topological polar surface area (TPSA) is 119 Å². The first-order valence-electron chi connectivity index (χ1n) is 13.4. The highest BCUT2D eigenvalue weighted by molar-refractivity contribution is 5.99. The molecule has 8 nitrogen and oxygen atoms in total. The number of hydrogen-bond acceptors (Lipinski definition) is 6. The van der Waals surface area contributed by atoms with Crippen LogP contribution in [0, 0.1) is 5.41 Å². The lowest BCUT2D eigenvalue weighted by molar-refractivity contribution is -0.138. The van der Waals surface area contributed by atoms with E-state index in [4.69, 9.17) is 16.2 Å². The number of carbonyl (C=O) groups excluding carboxylic acids is 3. The Bertz CT molecular complexity index is 996. The predicted octanol–water partition coefficient (Wildman–Crippen LogP) is 2.40. The van der Waals surface area contributed by atoms with E-state index in [1.807, 2.05) is 12.1 Å². The first-order valence-corrected chi connectivity index (χ1v) is 13.4. The van der Waals surface area contributed by atoms with Crippen LogP contribution < -0.4 is 11.5 Å². The molecule has 3 saturated heterocycles. The second-order valence-corrected chi connectivity index (χ2v) is 12.0. The van der Waals surface area contributed by atoms with Gasteiger partial charge in [-0.3, -0.25) is 14.4 Å². The van der Waals surface area contributed by atoms with Crippen LogP contribution in [0.4, 0.5) is 0 Å². The van der Waals surface area contributed by atoms with E-state index < -0.39 is 30.0 Å². The van der Waals surface area contributed by atoms with Crippen LogP contribution in [0.2, 0.25) is 0 Å². The molecule has 4 atom stereocenters. The molecule has 2 amide bonds. The fourth-order valence-corrected chi connectivity index (χ4v) is 6.22. The zero-order valence-corrected chi connectivity index (χ0v) is 22.2. The number of primary amides is 1. The van der Waals surface area contributed by atoms with Gasteiger partial charge >= 0.3 is 0 Å². The molecule has 3 fully saturated rings. The fraction of sp³-hybridized carbons (Fsp3) is 0.679. The minimum Gasteiger partial charge on any atom is -0.366 e. The van der Waals surface area contributed by atoms with Crippen molar-refractivity contribution in [2.75, 3.05) is 32.8 Å². The number of fused-ring (bicyclic) bond motifs is 1. The number of benzene rings is 1. The van der Waals surface area contributed by atoms with Crippen LogP contribution in [-0.4, -0.2) is 78.4 Å². The Morgan fingerprint density at radius 2 is 1.89 bits per heavy atom. The highest BCUT2D eigenvalue weighted by atomic mass is 16.5. The summed E-state index contributed by atoms with van der Waals surface area (Å²) in [7, 11) is 0. The molecule has 0 saturated carbocycles. The van der Waals surface area contributed by atoms with Crippen molar-refractivity contribution in [2.24, 2.45) is 16.9 Å². The van der Waals surface area contributed by atoms with Crippen LogP contribution in [0.1, 0.15) is 86.7 Å². The third-order valence-electron chi connectivity index (χ3n) is 7.94. The van der Waals surface area contributed by atoms with E-state index in [9.17, 15) is 14.4 Å². The molecular formula is C28H42N4O4. The Kier molecular flexibility index (Phi) is 7.88. The number of rotatable bonds is 7. The first kappa shape index (κ1) is 26.8. The smallest absolute Gasteiger partial charge is 0.249 e. The molecule has 4 N–H and O–H groups in total. The van der Waals surface area contributed by atoms with Gasteiger partial charge in [-0.2, -0.15) is 0 Å². The summed E-state index contributed by atoms with van der Waals surface area (Å²) in [5.74, 6) is -1.06. The Morgan fingerprint density at radius 1 is 1.19 bits per heavy atom. The van der Waals surface area contributed by atoms with Gasteiger partial charge in [0.1, 0.15) is 18.8 Å². The van der Waals surface area contributed by atoms with Crippen LogP contribution in [-0.2, 0) is 14.3 Å². The van der Waals surface area contributed by atoms with Gasteiger partial charge in [-0.15, -0.1) is 0 Å². The highest BCUT2D eigenvalue weighted by Gasteiger charge is 2.52. The van der Waals surface area contributed by atoms with E-state index in [0.29, 0.717) is 23.5 Å². The van der Waals surface area contributed by atoms with Gasteiger partial charge in [-0.25, -0.2) is 0 Å². The van der Waals surface area contributed by atoms with Crippen LogP contribution >= 0.6 is 0 Å². The van der Waals surface area contributed by atoms with Crippen molar-refractivity contribution >= 4 is 17.6 Å². The minimum atomic E-state index is -0.655. The molecule has 3 aliphatic heterocycles. The van der Waals surface area contributed by atoms with Gasteiger partial charge in [0.05, 0.1) is 12.0 Å². The molecule has 3 aliphatic rings. The van der Waals surface area contributed by atoms with Gasteiger partial charge in [0.15, 0.2) is 5.78 Å². The van der Waals surface area contributed by atoms with E-state index in [1.165, 1.54) is 0 Å². The van der Waals surface area contributed by atoms with Gasteiger partial charge in [-0.05, 0) is 73.8 Å². The van der Waals surface area contributed by atoms with Crippen LogP contribution in [0.15, 0.2) is 18.2 Å². The monoisotopic (exact) mass is 498 g/mol. The van der Waals surface area contributed by atoms with Crippen molar-refractivity contribution in [1.29, 1.82) is 0 Å². The number of amides is 2. The van der Waals surface area contributed by atoms with E-state index in [-0.39, 0.29) is 30.3 Å². The number of ketones is 1. The maximum Gasteiger partial charge on any atom is 0.249 e. The molecule has 36 heavy (non-hydrogen) atoms. The molecule has 3 heterocycles. The number of Topliss-reactive ketones (excluding diaryl/α,β-unsaturated/α-hetero) is 1. The van der Waals surface area contributed by atoms with Gasteiger partial charge < -0.3 is 26.0 Å². The quantitative estimate of drug-likeness (QED) is 0.596. The van der Waals surface area contributed by atoms with Gasteiger partial charge in [0.2, 0.25) is 11.8 Å². The van der Waals surface area contributed by atoms with Crippen molar-refractivity contribution in [3.63, 3.8) is 0 Å². The third-order valence-corrected chi connectivity index (χ3v) is 7.94. The first-order chi connectivity index (χ1) is 17.0. The normalized spacial score (nSPS) is 26.3. The molecule has 0 aromatic heterocycles. The number of hydrogen-bond donors (Lipinski definition) is 2.